The number of halogens is 1. The molecule has 94 valence electrons. The Labute approximate surface area is 116 Å². The van der Waals surface area contributed by atoms with Gasteiger partial charge in [-0.1, -0.05) is 41.0 Å². The molecule has 2 rings (SSSR count). The van der Waals surface area contributed by atoms with Gasteiger partial charge in [0.15, 0.2) is 0 Å². The van der Waals surface area contributed by atoms with E-state index in [1.165, 1.54) is 0 Å². The van der Waals surface area contributed by atoms with E-state index in [-0.39, 0.29) is 0 Å². The Kier molecular flexibility index (Phi) is 4.54. The Morgan fingerprint density at radius 1 is 1.11 bits per heavy atom. The monoisotopic (exact) mass is 270 g/mol. The molecule has 0 spiro atoms. The first-order valence-electron chi connectivity index (χ1n) is 5.68. The van der Waals surface area contributed by atoms with Gasteiger partial charge in [-0.15, -0.1) is 0 Å². The number of benzene rings is 2. The lowest BCUT2D eigenvalue weighted by Crippen LogP contribution is -1.88. The minimum absolute atomic E-state index is 0.393. The highest BCUT2D eigenvalue weighted by molar-refractivity contribution is 6.30. The van der Waals surface area contributed by atoms with Gasteiger partial charge in [0.1, 0.15) is 6.61 Å². The van der Waals surface area contributed by atoms with Crippen LogP contribution < -0.4 is 0 Å². The molecular formula is C15H11ClN2O. The molecule has 0 aliphatic rings. The summed E-state index contributed by atoms with van der Waals surface area (Å²) in [4.78, 5) is 5.18. The highest BCUT2D eigenvalue weighted by atomic mass is 35.5. The van der Waals surface area contributed by atoms with Crippen molar-refractivity contribution in [1.82, 2.24) is 0 Å². The van der Waals surface area contributed by atoms with Gasteiger partial charge in [0, 0.05) is 5.02 Å². The van der Waals surface area contributed by atoms with Crippen molar-refractivity contribution < 1.29 is 4.84 Å². The summed E-state index contributed by atoms with van der Waals surface area (Å²) in [7, 11) is 0. The predicted molar refractivity (Wildman–Crippen MR) is 75.0 cm³/mol. The molecule has 0 aliphatic carbocycles. The summed E-state index contributed by atoms with van der Waals surface area (Å²) >= 11 is 5.78. The van der Waals surface area contributed by atoms with E-state index >= 15 is 0 Å². The van der Waals surface area contributed by atoms with Crippen LogP contribution in [0.15, 0.2) is 53.7 Å². The van der Waals surface area contributed by atoms with Crippen LogP contribution in [0.1, 0.15) is 16.7 Å². The van der Waals surface area contributed by atoms with Gasteiger partial charge in [0.25, 0.3) is 0 Å². The highest BCUT2D eigenvalue weighted by Gasteiger charge is 1.93. The Morgan fingerprint density at radius 2 is 1.79 bits per heavy atom. The van der Waals surface area contributed by atoms with Gasteiger partial charge in [-0.05, 0) is 35.4 Å². The molecule has 0 aliphatic heterocycles. The summed E-state index contributed by atoms with van der Waals surface area (Å²) in [5.74, 6) is 0. The second kappa shape index (κ2) is 6.58. The number of oxime groups is 1. The van der Waals surface area contributed by atoms with Gasteiger partial charge in [0.05, 0.1) is 17.8 Å². The molecule has 0 bridgehead atoms. The van der Waals surface area contributed by atoms with Gasteiger partial charge < -0.3 is 4.84 Å². The lowest BCUT2D eigenvalue weighted by Gasteiger charge is -1.99. The molecule has 0 fully saturated rings. The molecule has 3 nitrogen and oxygen atoms in total. The van der Waals surface area contributed by atoms with Crippen LogP contribution >= 0.6 is 11.6 Å². The number of hydrogen-bond acceptors (Lipinski definition) is 3. The van der Waals surface area contributed by atoms with E-state index in [9.17, 15) is 0 Å². The second-order valence-corrected chi connectivity index (χ2v) is 4.30. The van der Waals surface area contributed by atoms with Crippen LogP contribution in [-0.2, 0) is 11.4 Å². The second-order valence-electron chi connectivity index (χ2n) is 3.87. The van der Waals surface area contributed by atoms with Crippen LogP contribution in [0.25, 0.3) is 0 Å². The van der Waals surface area contributed by atoms with Crippen molar-refractivity contribution in [2.75, 3.05) is 0 Å². The third-order valence-corrected chi connectivity index (χ3v) is 2.71. The zero-order valence-electron chi connectivity index (χ0n) is 10.1. The largest absolute Gasteiger partial charge is 0.391 e. The molecule has 0 N–H and O–H groups in total. The third kappa shape index (κ3) is 4.13. The molecule has 0 heterocycles. The molecule has 19 heavy (non-hydrogen) atoms. The molecule has 0 saturated heterocycles. The van der Waals surface area contributed by atoms with Crippen LogP contribution in [0, 0.1) is 11.3 Å². The number of rotatable bonds is 4. The lowest BCUT2D eigenvalue weighted by molar-refractivity contribution is 0.132. The van der Waals surface area contributed by atoms with Crippen LogP contribution in [0.5, 0.6) is 0 Å². The van der Waals surface area contributed by atoms with Gasteiger partial charge in [-0.2, -0.15) is 5.26 Å². The fourth-order valence-electron chi connectivity index (χ4n) is 1.43. The lowest BCUT2D eigenvalue weighted by atomic mass is 10.2. The molecule has 0 aromatic heterocycles. The fraction of sp³-hybridized carbons (Fsp3) is 0.0667. The Balaban J connectivity index is 1.86. The van der Waals surface area contributed by atoms with Crippen molar-refractivity contribution in [3.63, 3.8) is 0 Å². The average Bonchev–Trinajstić information content (AvgIpc) is 2.46. The summed E-state index contributed by atoms with van der Waals surface area (Å²) in [5, 5.41) is 13.2. The van der Waals surface area contributed by atoms with Gasteiger partial charge in [-0.25, -0.2) is 0 Å². The molecule has 0 saturated carbocycles. The fourth-order valence-corrected chi connectivity index (χ4v) is 1.56. The quantitative estimate of drug-likeness (QED) is 0.627. The maximum atomic E-state index is 8.67. The van der Waals surface area contributed by atoms with Crippen molar-refractivity contribution in [2.24, 2.45) is 5.16 Å². The maximum absolute atomic E-state index is 8.67. The van der Waals surface area contributed by atoms with Crippen LogP contribution in [-0.4, -0.2) is 6.21 Å². The summed E-state index contributed by atoms with van der Waals surface area (Å²) in [5.41, 5.74) is 2.51. The molecule has 0 amide bonds. The summed E-state index contributed by atoms with van der Waals surface area (Å²) in [6.07, 6.45) is 1.61. The number of nitriles is 1. The average molecular weight is 271 g/mol. The van der Waals surface area contributed by atoms with Gasteiger partial charge >= 0.3 is 0 Å². The predicted octanol–water partition coefficient (Wildman–Crippen LogP) is 3.76. The molecule has 0 radical (unpaired) electrons. The number of hydrogen-bond donors (Lipinski definition) is 0. The van der Waals surface area contributed by atoms with E-state index in [0.29, 0.717) is 17.2 Å². The van der Waals surface area contributed by atoms with E-state index in [1.807, 2.05) is 36.4 Å². The Morgan fingerprint density at radius 3 is 2.42 bits per heavy atom. The van der Waals surface area contributed by atoms with E-state index in [4.69, 9.17) is 21.7 Å². The number of nitrogens with zero attached hydrogens (tertiary/aromatic N) is 2. The van der Waals surface area contributed by atoms with Crippen molar-refractivity contribution >= 4 is 17.8 Å². The van der Waals surface area contributed by atoms with Gasteiger partial charge in [-0.3, -0.25) is 0 Å². The molecular weight excluding hydrogens is 260 g/mol. The Bertz CT molecular complexity index is 598. The van der Waals surface area contributed by atoms with E-state index in [2.05, 4.69) is 11.2 Å². The zero-order chi connectivity index (χ0) is 13.5. The van der Waals surface area contributed by atoms with Crippen LogP contribution in [0.2, 0.25) is 5.02 Å². The maximum Gasteiger partial charge on any atom is 0.142 e. The van der Waals surface area contributed by atoms with Crippen LogP contribution in [0.3, 0.4) is 0 Å². The SMILES string of the molecule is N#Cc1ccc(C=NOCc2ccc(Cl)cc2)cc1. The van der Waals surface area contributed by atoms with Crippen molar-refractivity contribution in [3.05, 3.63) is 70.2 Å². The normalized spacial score (nSPS) is 10.3. The van der Waals surface area contributed by atoms with E-state index in [1.54, 1.807) is 18.3 Å². The first-order valence-corrected chi connectivity index (χ1v) is 6.05. The van der Waals surface area contributed by atoms with Crippen molar-refractivity contribution in [3.8, 4) is 6.07 Å². The van der Waals surface area contributed by atoms with E-state index < -0.39 is 0 Å². The highest BCUT2D eigenvalue weighted by Crippen LogP contribution is 2.10. The molecule has 2 aromatic rings. The smallest absolute Gasteiger partial charge is 0.142 e. The molecule has 4 heteroatoms. The molecule has 2 aromatic carbocycles. The molecule has 0 unspecified atom stereocenters. The topological polar surface area (TPSA) is 45.4 Å². The minimum Gasteiger partial charge on any atom is -0.391 e. The zero-order valence-corrected chi connectivity index (χ0v) is 10.8. The summed E-state index contributed by atoms with van der Waals surface area (Å²) in [6, 6.07) is 16.6. The Hall–Kier alpha value is -2.31. The standard InChI is InChI=1S/C15H11ClN2O/c16-15-7-5-14(6-8-15)11-19-18-10-13-3-1-12(9-17)2-4-13/h1-8,10H,11H2. The summed E-state index contributed by atoms with van der Waals surface area (Å²) in [6.45, 7) is 0.393. The summed E-state index contributed by atoms with van der Waals surface area (Å²) < 4.78 is 0. The third-order valence-electron chi connectivity index (χ3n) is 2.46. The van der Waals surface area contributed by atoms with Crippen molar-refractivity contribution in [1.29, 1.82) is 5.26 Å². The minimum atomic E-state index is 0.393. The first kappa shape index (κ1) is 13.1. The first-order chi connectivity index (χ1) is 9.28. The van der Waals surface area contributed by atoms with Gasteiger partial charge in [0.2, 0.25) is 0 Å². The molecule has 0 atom stereocenters. The van der Waals surface area contributed by atoms with Crippen molar-refractivity contribution in [2.45, 2.75) is 6.61 Å². The van der Waals surface area contributed by atoms with E-state index in [0.717, 1.165) is 11.1 Å². The van der Waals surface area contributed by atoms with Crippen LogP contribution in [0.4, 0.5) is 0 Å².